The van der Waals surface area contributed by atoms with E-state index >= 15 is 0 Å². The number of hydrogen-bond donors (Lipinski definition) is 2. The number of anilines is 1. The first-order valence-electron chi connectivity index (χ1n) is 9.72. The summed E-state index contributed by atoms with van der Waals surface area (Å²) in [5, 5.41) is 4.72. The van der Waals surface area contributed by atoms with Gasteiger partial charge in [0.05, 0.1) is 16.8 Å². The highest BCUT2D eigenvalue weighted by Gasteiger charge is 2.27. The molecule has 0 spiro atoms. The Labute approximate surface area is 167 Å². The van der Waals surface area contributed by atoms with Crippen molar-refractivity contribution in [3.05, 3.63) is 28.2 Å². The van der Waals surface area contributed by atoms with Gasteiger partial charge in [0.1, 0.15) is 0 Å². The molecule has 1 aliphatic heterocycles. The average molecular weight is 397 g/mol. The Morgan fingerprint density at radius 3 is 2.50 bits per heavy atom. The van der Waals surface area contributed by atoms with E-state index in [4.69, 9.17) is 33.9 Å². The summed E-state index contributed by atoms with van der Waals surface area (Å²) in [5.74, 6) is 2.19. The molecule has 1 saturated carbocycles. The van der Waals surface area contributed by atoms with Crippen LogP contribution in [-0.4, -0.2) is 36.0 Å². The van der Waals surface area contributed by atoms with E-state index in [0.717, 1.165) is 37.6 Å². The molecule has 1 aliphatic carbocycles. The van der Waals surface area contributed by atoms with Crippen LogP contribution in [0.3, 0.4) is 0 Å². The molecule has 2 aliphatic rings. The molecule has 1 saturated heterocycles. The van der Waals surface area contributed by atoms with E-state index < -0.39 is 0 Å². The summed E-state index contributed by atoms with van der Waals surface area (Å²) >= 11 is 12.4. The number of piperidine rings is 1. The topological polar surface area (TPSA) is 53.6 Å². The van der Waals surface area contributed by atoms with Crippen LogP contribution in [0.4, 0.5) is 5.69 Å². The van der Waals surface area contributed by atoms with Crippen molar-refractivity contribution in [3.8, 4) is 0 Å². The van der Waals surface area contributed by atoms with Crippen molar-refractivity contribution in [2.45, 2.75) is 58.0 Å². The maximum atomic E-state index is 6.40. The van der Waals surface area contributed by atoms with E-state index in [1.807, 2.05) is 12.1 Å². The maximum Gasteiger partial charge on any atom is 0.198 e. The molecule has 26 heavy (non-hydrogen) atoms. The molecule has 6 heteroatoms. The fraction of sp³-hybridized carbons (Fsp3) is 0.650. The third-order valence-corrected chi connectivity index (χ3v) is 5.96. The Bertz CT molecular complexity index is 639. The van der Waals surface area contributed by atoms with Gasteiger partial charge in [0, 0.05) is 24.2 Å². The predicted molar refractivity (Wildman–Crippen MR) is 112 cm³/mol. The summed E-state index contributed by atoms with van der Waals surface area (Å²) in [5.41, 5.74) is 7.20. The van der Waals surface area contributed by atoms with Gasteiger partial charge in [0.2, 0.25) is 0 Å². The van der Waals surface area contributed by atoms with Crippen LogP contribution in [0.25, 0.3) is 0 Å². The Morgan fingerprint density at radius 1 is 1.15 bits per heavy atom. The number of hydrogen-bond acceptors (Lipinski definition) is 2. The van der Waals surface area contributed by atoms with E-state index in [1.165, 1.54) is 19.3 Å². The number of benzene rings is 1. The van der Waals surface area contributed by atoms with Gasteiger partial charge in [-0.3, -0.25) is 0 Å². The molecule has 0 radical (unpaired) electrons. The molecule has 4 nitrogen and oxygen atoms in total. The summed E-state index contributed by atoms with van der Waals surface area (Å²) in [4.78, 5) is 7.45. The lowest BCUT2D eigenvalue weighted by molar-refractivity contribution is 0.211. The van der Waals surface area contributed by atoms with Gasteiger partial charge in [-0.2, -0.15) is 0 Å². The molecule has 2 fully saturated rings. The minimum Gasteiger partial charge on any atom is -0.342 e. The summed E-state index contributed by atoms with van der Waals surface area (Å²) in [7, 11) is 0. The van der Waals surface area contributed by atoms with Gasteiger partial charge in [0.15, 0.2) is 5.96 Å². The number of likely N-dealkylation sites (tertiary alicyclic amines) is 1. The lowest BCUT2D eigenvalue weighted by atomic mass is 9.91. The van der Waals surface area contributed by atoms with Gasteiger partial charge >= 0.3 is 0 Å². The lowest BCUT2D eigenvalue weighted by Gasteiger charge is -2.38. The molecular weight excluding hydrogens is 367 g/mol. The minimum absolute atomic E-state index is 0.140. The number of nitrogens with zero attached hydrogens (tertiary/aromatic N) is 2. The summed E-state index contributed by atoms with van der Waals surface area (Å²) in [6.45, 7) is 6.62. The zero-order chi connectivity index (χ0) is 18.7. The SMILES string of the molecule is CC1CC(C)CN(C(=N[C@H]2CCCC[C@@H]2N)Nc2ccc(Cl)cc2Cl)C1. The largest absolute Gasteiger partial charge is 0.342 e. The first-order chi connectivity index (χ1) is 12.4. The van der Waals surface area contributed by atoms with Crippen molar-refractivity contribution in [2.24, 2.45) is 22.6 Å². The normalized spacial score (nSPS) is 30.3. The van der Waals surface area contributed by atoms with E-state index in [1.54, 1.807) is 6.07 Å². The quantitative estimate of drug-likeness (QED) is 0.545. The third-order valence-electron chi connectivity index (χ3n) is 5.42. The van der Waals surface area contributed by atoms with Gasteiger partial charge in [-0.25, -0.2) is 4.99 Å². The van der Waals surface area contributed by atoms with Crippen molar-refractivity contribution in [2.75, 3.05) is 18.4 Å². The maximum absolute atomic E-state index is 6.40. The first kappa shape index (κ1) is 19.8. The minimum atomic E-state index is 0.140. The molecule has 144 valence electrons. The van der Waals surface area contributed by atoms with Crippen molar-refractivity contribution in [1.29, 1.82) is 0 Å². The average Bonchev–Trinajstić information content (AvgIpc) is 2.57. The second-order valence-electron chi connectivity index (χ2n) is 8.07. The third kappa shape index (κ3) is 5.05. The summed E-state index contributed by atoms with van der Waals surface area (Å²) in [6.07, 6.45) is 5.77. The summed E-state index contributed by atoms with van der Waals surface area (Å²) in [6, 6.07) is 5.83. The Morgan fingerprint density at radius 2 is 1.85 bits per heavy atom. The second kappa shape index (κ2) is 8.81. The van der Waals surface area contributed by atoms with Crippen molar-refractivity contribution >= 4 is 34.8 Å². The predicted octanol–water partition coefficient (Wildman–Crippen LogP) is 5.01. The fourth-order valence-electron chi connectivity index (χ4n) is 4.20. The molecule has 1 aromatic rings. The van der Waals surface area contributed by atoms with Gasteiger partial charge < -0.3 is 16.0 Å². The van der Waals surface area contributed by atoms with Crippen molar-refractivity contribution in [1.82, 2.24) is 4.90 Å². The number of halogens is 2. The second-order valence-corrected chi connectivity index (χ2v) is 8.91. The first-order valence-corrected chi connectivity index (χ1v) is 10.5. The number of nitrogens with one attached hydrogen (secondary N) is 1. The Kier molecular flexibility index (Phi) is 6.70. The van der Waals surface area contributed by atoms with Crippen LogP contribution < -0.4 is 11.1 Å². The summed E-state index contributed by atoms with van der Waals surface area (Å²) < 4.78 is 0. The number of nitrogens with two attached hydrogens (primary N) is 1. The molecular formula is C20H30Cl2N4. The monoisotopic (exact) mass is 396 g/mol. The van der Waals surface area contributed by atoms with Crippen LogP contribution in [0.2, 0.25) is 10.0 Å². The van der Waals surface area contributed by atoms with Crippen LogP contribution >= 0.6 is 23.2 Å². The van der Waals surface area contributed by atoms with Crippen molar-refractivity contribution in [3.63, 3.8) is 0 Å². The Hall–Kier alpha value is -0.970. The molecule has 1 heterocycles. The van der Waals surface area contributed by atoms with Gasteiger partial charge in [-0.1, -0.05) is 49.9 Å². The van der Waals surface area contributed by atoms with Crippen LogP contribution in [0.5, 0.6) is 0 Å². The molecule has 0 bridgehead atoms. The fourth-order valence-corrected chi connectivity index (χ4v) is 4.65. The van der Waals surface area contributed by atoms with Crippen LogP contribution in [0, 0.1) is 11.8 Å². The number of rotatable bonds is 2. The molecule has 2 unspecified atom stereocenters. The van der Waals surface area contributed by atoms with Crippen LogP contribution in [0.15, 0.2) is 23.2 Å². The highest BCUT2D eigenvalue weighted by molar-refractivity contribution is 6.36. The van der Waals surface area contributed by atoms with Crippen molar-refractivity contribution < 1.29 is 0 Å². The van der Waals surface area contributed by atoms with E-state index in [2.05, 4.69) is 24.1 Å². The van der Waals surface area contributed by atoms with E-state index in [-0.39, 0.29) is 12.1 Å². The highest BCUT2D eigenvalue weighted by atomic mass is 35.5. The Balaban J connectivity index is 1.87. The molecule has 0 amide bonds. The zero-order valence-electron chi connectivity index (χ0n) is 15.7. The van der Waals surface area contributed by atoms with Crippen LogP contribution in [-0.2, 0) is 0 Å². The van der Waals surface area contributed by atoms with Gasteiger partial charge in [-0.05, 0) is 49.3 Å². The highest BCUT2D eigenvalue weighted by Crippen LogP contribution is 2.28. The molecule has 4 atom stereocenters. The van der Waals surface area contributed by atoms with Gasteiger partial charge in [0.25, 0.3) is 0 Å². The molecule has 1 aromatic carbocycles. The standard InChI is InChI=1S/C20H30Cl2N4/c1-13-9-14(2)12-26(11-13)20(25-19-6-4-3-5-17(19)23)24-18-8-7-15(21)10-16(18)22/h7-8,10,13-14,17,19H,3-6,9,11-12,23H2,1-2H3,(H,24,25)/t13?,14?,17-,19-/m0/s1. The molecule has 3 rings (SSSR count). The molecule has 3 N–H and O–H groups in total. The van der Waals surface area contributed by atoms with E-state index in [0.29, 0.717) is 21.9 Å². The smallest absolute Gasteiger partial charge is 0.198 e. The van der Waals surface area contributed by atoms with E-state index in [9.17, 15) is 0 Å². The molecule has 0 aromatic heterocycles. The van der Waals surface area contributed by atoms with Crippen LogP contribution in [0.1, 0.15) is 46.0 Å². The number of guanidine groups is 1. The van der Waals surface area contributed by atoms with Gasteiger partial charge in [-0.15, -0.1) is 0 Å². The lowest BCUT2D eigenvalue weighted by Crippen LogP contribution is -2.47. The number of aliphatic imine (C=N–C) groups is 1. The zero-order valence-corrected chi connectivity index (χ0v) is 17.2.